The number of hydrogen-bond donors (Lipinski definition) is 0. The van der Waals surface area contributed by atoms with Gasteiger partial charge in [0.1, 0.15) is 5.69 Å². The van der Waals surface area contributed by atoms with Crippen molar-refractivity contribution in [3.05, 3.63) is 65.0 Å². The summed E-state index contributed by atoms with van der Waals surface area (Å²) in [6.45, 7) is 0.460. The highest BCUT2D eigenvalue weighted by Crippen LogP contribution is 2.46. The minimum atomic E-state index is -4.56. The molecular formula is C26H27F6N2O2-. The van der Waals surface area contributed by atoms with Crippen molar-refractivity contribution in [1.82, 2.24) is 9.88 Å². The van der Waals surface area contributed by atoms with Gasteiger partial charge in [0.15, 0.2) is 0 Å². The number of likely N-dealkylation sites (tertiary alicyclic amines) is 1. The molecule has 1 aliphatic heterocycles. The lowest BCUT2D eigenvalue weighted by Gasteiger charge is -2.46. The molecule has 0 N–H and O–H groups in total. The summed E-state index contributed by atoms with van der Waals surface area (Å²) >= 11 is 0. The van der Waals surface area contributed by atoms with E-state index in [1.165, 1.54) is 24.4 Å². The summed E-state index contributed by atoms with van der Waals surface area (Å²) in [6, 6.07) is 6.54. The number of aromatic nitrogens is 1. The molecule has 2 heterocycles. The Hall–Kier alpha value is -2.62. The SMILES string of the molecule is O=C([O-])C[C@@H]1CCN([C@H](CC2CCC2)c2ccc(C(F)(F)F)nc2)[C@H](c2ccc(C(F)(F)F)cc2)C1. The third-order valence-corrected chi connectivity index (χ3v) is 7.47. The number of benzene rings is 1. The Labute approximate surface area is 205 Å². The fraction of sp³-hybridized carbons (Fsp3) is 0.538. The van der Waals surface area contributed by atoms with E-state index in [1.54, 1.807) is 0 Å². The van der Waals surface area contributed by atoms with Gasteiger partial charge in [-0.1, -0.05) is 37.5 Å². The number of hydrogen-bond acceptors (Lipinski definition) is 4. The highest BCUT2D eigenvalue weighted by atomic mass is 19.4. The van der Waals surface area contributed by atoms with E-state index < -0.39 is 35.6 Å². The molecule has 1 aromatic carbocycles. The lowest BCUT2D eigenvalue weighted by Crippen LogP contribution is -2.42. The number of alkyl halides is 6. The van der Waals surface area contributed by atoms with Gasteiger partial charge in [0.25, 0.3) is 0 Å². The lowest BCUT2D eigenvalue weighted by molar-refractivity contribution is -0.307. The van der Waals surface area contributed by atoms with Gasteiger partial charge in [0, 0.05) is 24.2 Å². The van der Waals surface area contributed by atoms with Crippen LogP contribution in [0.25, 0.3) is 0 Å². The molecule has 1 saturated carbocycles. The molecule has 2 aromatic rings. The van der Waals surface area contributed by atoms with Crippen molar-refractivity contribution in [2.24, 2.45) is 11.8 Å². The predicted octanol–water partition coefficient (Wildman–Crippen LogP) is 5.94. The highest BCUT2D eigenvalue weighted by molar-refractivity contribution is 5.64. The number of aliphatic carboxylic acids is 1. The second-order valence-electron chi connectivity index (χ2n) is 9.86. The van der Waals surface area contributed by atoms with Crippen LogP contribution in [0, 0.1) is 11.8 Å². The largest absolute Gasteiger partial charge is 0.550 e. The molecule has 0 spiro atoms. The average Bonchev–Trinajstić information content (AvgIpc) is 2.77. The van der Waals surface area contributed by atoms with E-state index in [-0.39, 0.29) is 18.4 Å². The Bertz CT molecular complexity index is 1030. The van der Waals surface area contributed by atoms with Crippen LogP contribution in [0.1, 0.15) is 79.4 Å². The first-order valence-electron chi connectivity index (χ1n) is 12.1. The number of piperidine rings is 1. The first kappa shape index (κ1) is 26.4. The fourth-order valence-electron chi connectivity index (χ4n) is 5.35. The summed E-state index contributed by atoms with van der Waals surface area (Å²) in [6.07, 6.45) is -3.23. The summed E-state index contributed by atoms with van der Waals surface area (Å²) in [5.74, 6) is -1.00. The average molecular weight is 514 g/mol. The molecule has 2 aliphatic rings. The third-order valence-electron chi connectivity index (χ3n) is 7.47. The van der Waals surface area contributed by atoms with E-state index >= 15 is 0 Å². The molecule has 2 fully saturated rings. The lowest BCUT2D eigenvalue weighted by atomic mass is 9.77. The summed E-state index contributed by atoms with van der Waals surface area (Å²) in [5.41, 5.74) is -0.534. The Morgan fingerprint density at radius 1 is 0.972 bits per heavy atom. The van der Waals surface area contributed by atoms with Crippen molar-refractivity contribution in [1.29, 1.82) is 0 Å². The maximum absolute atomic E-state index is 13.1. The van der Waals surface area contributed by atoms with Crippen molar-refractivity contribution in [2.75, 3.05) is 6.54 Å². The van der Waals surface area contributed by atoms with E-state index in [2.05, 4.69) is 9.88 Å². The zero-order chi connectivity index (χ0) is 26.1. The molecule has 1 aliphatic carbocycles. The van der Waals surface area contributed by atoms with Crippen LogP contribution in [0.4, 0.5) is 26.3 Å². The van der Waals surface area contributed by atoms with E-state index in [4.69, 9.17) is 0 Å². The fourth-order valence-corrected chi connectivity index (χ4v) is 5.35. The molecule has 10 heteroatoms. The minimum absolute atomic E-state index is 0.153. The second kappa shape index (κ2) is 10.4. The molecule has 1 saturated heterocycles. The predicted molar refractivity (Wildman–Crippen MR) is 117 cm³/mol. The Kier molecular flexibility index (Phi) is 7.64. The highest BCUT2D eigenvalue weighted by Gasteiger charge is 2.38. The van der Waals surface area contributed by atoms with Gasteiger partial charge >= 0.3 is 12.4 Å². The van der Waals surface area contributed by atoms with Crippen LogP contribution >= 0.6 is 0 Å². The molecule has 0 bridgehead atoms. The molecule has 4 rings (SSSR count). The first-order chi connectivity index (χ1) is 16.9. The number of pyridine rings is 1. The van der Waals surface area contributed by atoms with Crippen LogP contribution in [-0.2, 0) is 17.1 Å². The number of carboxylic acid groups (broad SMARTS) is 1. The summed E-state index contributed by atoms with van der Waals surface area (Å²) < 4.78 is 78.7. The smallest absolute Gasteiger partial charge is 0.433 e. The van der Waals surface area contributed by atoms with Gasteiger partial charge in [-0.25, -0.2) is 0 Å². The molecule has 0 radical (unpaired) electrons. The van der Waals surface area contributed by atoms with Crippen LogP contribution in [-0.4, -0.2) is 22.4 Å². The maximum atomic E-state index is 13.1. The van der Waals surface area contributed by atoms with Crippen molar-refractivity contribution in [3.63, 3.8) is 0 Å². The van der Waals surface area contributed by atoms with E-state index in [1.807, 2.05) is 0 Å². The molecule has 0 unspecified atom stereocenters. The Morgan fingerprint density at radius 2 is 1.67 bits per heavy atom. The quantitative estimate of drug-likeness (QED) is 0.430. The van der Waals surface area contributed by atoms with Crippen LogP contribution in [0.15, 0.2) is 42.6 Å². The molecule has 0 amide bonds. The first-order valence-corrected chi connectivity index (χ1v) is 12.1. The zero-order valence-electron chi connectivity index (χ0n) is 19.5. The van der Waals surface area contributed by atoms with Crippen LogP contribution in [0.2, 0.25) is 0 Å². The monoisotopic (exact) mass is 513 g/mol. The molecule has 3 atom stereocenters. The number of carbonyl (C=O) groups is 1. The van der Waals surface area contributed by atoms with Crippen LogP contribution in [0.5, 0.6) is 0 Å². The van der Waals surface area contributed by atoms with Gasteiger partial charge in [-0.15, -0.1) is 0 Å². The van der Waals surface area contributed by atoms with Crippen molar-refractivity contribution in [2.45, 2.75) is 69.4 Å². The normalized spacial score (nSPS) is 22.7. The molecule has 36 heavy (non-hydrogen) atoms. The molecule has 4 nitrogen and oxygen atoms in total. The van der Waals surface area contributed by atoms with Crippen molar-refractivity contribution in [3.8, 4) is 0 Å². The summed E-state index contributed by atoms with van der Waals surface area (Å²) in [5, 5.41) is 11.3. The van der Waals surface area contributed by atoms with E-state index in [0.29, 0.717) is 42.9 Å². The standard InChI is InChI=1S/C26H28F6N2O2/c27-25(28,29)20-7-4-18(5-8-20)21-13-17(14-24(35)36)10-11-34(21)22(12-16-2-1-3-16)19-6-9-23(33-15-19)26(30,31)32/h4-9,15-17,21-22H,1-3,10-14H2,(H,35,36)/p-1/t17-,21+,22-/m1/s1. The maximum Gasteiger partial charge on any atom is 0.433 e. The number of rotatable bonds is 7. The van der Waals surface area contributed by atoms with Crippen LogP contribution in [0.3, 0.4) is 0 Å². The van der Waals surface area contributed by atoms with Gasteiger partial charge in [-0.3, -0.25) is 9.88 Å². The number of carboxylic acids is 1. The van der Waals surface area contributed by atoms with Gasteiger partial charge < -0.3 is 9.90 Å². The number of halogens is 6. The second-order valence-corrected chi connectivity index (χ2v) is 9.86. The van der Waals surface area contributed by atoms with Crippen molar-refractivity contribution >= 4 is 5.97 Å². The molecule has 196 valence electrons. The minimum Gasteiger partial charge on any atom is -0.550 e. The summed E-state index contributed by atoms with van der Waals surface area (Å²) in [4.78, 5) is 17.0. The van der Waals surface area contributed by atoms with E-state index in [0.717, 1.165) is 37.5 Å². The van der Waals surface area contributed by atoms with Crippen molar-refractivity contribution < 1.29 is 36.2 Å². The van der Waals surface area contributed by atoms with Gasteiger partial charge in [0.2, 0.25) is 0 Å². The Balaban J connectivity index is 1.68. The number of carbonyl (C=O) groups excluding carboxylic acids is 1. The zero-order valence-corrected chi connectivity index (χ0v) is 19.5. The van der Waals surface area contributed by atoms with Crippen LogP contribution < -0.4 is 5.11 Å². The topological polar surface area (TPSA) is 56.3 Å². The number of nitrogens with zero attached hydrogens (tertiary/aromatic N) is 2. The third kappa shape index (κ3) is 6.19. The van der Waals surface area contributed by atoms with Gasteiger partial charge in [0.05, 0.1) is 5.56 Å². The van der Waals surface area contributed by atoms with E-state index in [9.17, 15) is 36.2 Å². The van der Waals surface area contributed by atoms with Gasteiger partial charge in [-0.2, -0.15) is 26.3 Å². The Morgan fingerprint density at radius 3 is 2.17 bits per heavy atom. The summed E-state index contributed by atoms with van der Waals surface area (Å²) in [7, 11) is 0. The molecular weight excluding hydrogens is 486 g/mol. The van der Waals surface area contributed by atoms with Gasteiger partial charge in [-0.05, 0) is 73.4 Å². The molecule has 1 aromatic heterocycles.